The van der Waals surface area contributed by atoms with Crippen LogP contribution in [0.25, 0.3) is 22.3 Å². The summed E-state index contributed by atoms with van der Waals surface area (Å²) in [5, 5.41) is 0. The first kappa shape index (κ1) is 22.4. The molecule has 0 bridgehead atoms. The van der Waals surface area contributed by atoms with Gasteiger partial charge in [-0.3, -0.25) is 0 Å². The molecule has 0 amide bonds. The van der Waals surface area contributed by atoms with Crippen molar-refractivity contribution in [2.45, 2.75) is 17.7 Å². The molecule has 0 aliphatic rings. The Bertz CT molecular complexity index is 1240. The summed E-state index contributed by atoms with van der Waals surface area (Å²) in [6.45, 7) is 0.522. The van der Waals surface area contributed by atoms with Gasteiger partial charge >= 0.3 is 0 Å². The molecule has 3 aromatic rings. The third kappa shape index (κ3) is 5.06. The topological polar surface area (TPSA) is 56.3 Å². The van der Waals surface area contributed by atoms with Crippen molar-refractivity contribution in [1.29, 1.82) is 0 Å². The summed E-state index contributed by atoms with van der Waals surface area (Å²) in [5.74, 6) is -1.74. The molecule has 0 aliphatic carbocycles. The molecule has 0 atom stereocenters. The van der Waals surface area contributed by atoms with Crippen LogP contribution in [0.1, 0.15) is 12.6 Å². The van der Waals surface area contributed by atoms with Gasteiger partial charge in [-0.05, 0) is 41.0 Å². The average Bonchev–Trinajstić information content (AvgIpc) is 2.71. The van der Waals surface area contributed by atoms with Gasteiger partial charge in [0, 0.05) is 24.8 Å². The molecular weight excluding hydrogens is 427 g/mol. The van der Waals surface area contributed by atoms with Crippen LogP contribution in [0.4, 0.5) is 13.2 Å². The van der Waals surface area contributed by atoms with Crippen LogP contribution in [0.2, 0.25) is 0 Å². The lowest BCUT2D eigenvalue weighted by molar-refractivity contribution is 0.0129. The summed E-state index contributed by atoms with van der Waals surface area (Å²) < 4.78 is 71.5. The second-order valence-electron chi connectivity index (χ2n) is 6.92. The number of hydrogen-bond acceptors (Lipinski definition) is 4. The van der Waals surface area contributed by atoms with Crippen LogP contribution in [-0.2, 0) is 15.8 Å². The lowest BCUT2D eigenvalue weighted by Gasteiger charge is -2.20. The van der Waals surface area contributed by atoms with E-state index in [2.05, 4.69) is 10.9 Å². The molecule has 0 spiro atoms. The highest BCUT2D eigenvalue weighted by Crippen LogP contribution is 2.42. The quantitative estimate of drug-likeness (QED) is 0.497. The summed E-state index contributed by atoms with van der Waals surface area (Å²) in [4.78, 5) is 4.05. The van der Waals surface area contributed by atoms with Gasteiger partial charge in [0.05, 0.1) is 4.90 Å². The lowest BCUT2D eigenvalue weighted by Crippen LogP contribution is -2.14. The maximum atomic E-state index is 14.6. The van der Waals surface area contributed by atoms with Crippen LogP contribution in [0, 0.1) is 18.2 Å². The van der Waals surface area contributed by atoms with Crippen LogP contribution in [0.3, 0.4) is 0 Å². The number of halogens is 3. The molecule has 0 saturated heterocycles. The maximum Gasteiger partial charge on any atom is 0.287 e. The monoisotopic (exact) mass is 445 g/mol. The van der Waals surface area contributed by atoms with E-state index in [1.165, 1.54) is 42.5 Å². The van der Waals surface area contributed by atoms with Crippen molar-refractivity contribution in [3.63, 3.8) is 0 Å². The molecule has 3 rings (SSSR count). The van der Waals surface area contributed by atoms with Gasteiger partial charge in [-0.15, -0.1) is 6.42 Å². The largest absolute Gasteiger partial charge is 0.464 e. The molecule has 1 heterocycles. The van der Waals surface area contributed by atoms with Gasteiger partial charge in [0.2, 0.25) is 5.88 Å². The first-order valence-electron chi connectivity index (χ1n) is 9.06. The van der Waals surface area contributed by atoms with E-state index >= 15 is 0 Å². The van der Waals surface area contributed by atoms with Crippen LogP contribution in [-0.4, -0.2) is 26.3 Å². The summed E-state index contributed by atoms with van der Waals surface area (Å²) in [5.41, 5.74) is 0.579. The molecule has 8 heteroatoms. The number of rotatable bonds is 6. The predicted molar refractivity (Wildman–Crippen MR) is 112 cm³/mol. The summed E-state index contributed by atoms with van der Waals surface area (Å²) >= 11 is 0. The standard InChI is InChI=1S/C23H18F3NO3S/c1-4-13-30-20-14-19(15-7-11-18(12-8-15)31(3,28)29)21(22(27-20)23(2,25)26)16-5-9-17(24)10-6-16/h1,5-12,14H,13H2,2-3H3. The van der Waals surface area contributed by atoms with E-state index in [1.54, 1.807) is 0 Å². The Morgan fingerprint density at radius 3 is 2.16 bits per heavy atom. The van der Waals surface area contributed by atoms with Gasteiger partial charge in [-0.2, -0.15) is 8.78 Å². The highest BCUT2D eigenvalue weighted by atomic mass is 32.2. The van der Waals surface area contributed by atoms with Crippen molar-refractivity contribution >= 4 is 9.84 Å². The van der Waals surface area contributed by atoms with Crippen molar-refractivity contribution in [2.75, 3.05) is 12.9 Å². The second kappa shape index (κ2) is 8.44. The minimum atomic E-state index is -3.44. The Hall–Kier alpha value is -3.31. The van der Waals surface area contributed by atoms with Crippen molar-refractivity contribution in [3.05, 3.63) is 66.1 Å². The first-order chi connectivity index (χ1) is 14.5. The number of ether oxygens (including phenoxy) is 1. The third-order valence-corrected chi connectivity index (χ3v) is 5.57. The van der Waals surface area contributed by atoms with Crippen LogP contribution in [0.15, 0.2) is 59.5 Å². The third-order valence-electron chi connectivity index (χ3n) is 4.44. The van der Waals surface area contributed by atoms with E-state index in [0.717, 1.165) is 18.4 Å². The van der Waals surface area contributed by atoms with Crippen molar-refractivity contribution in [1.82, 2.24) is 4.98 Å². The molecule has 0 saturated carbocycles. The molecule has 0 N–H and O–H groups in total. The number of aromatic nitrogens is 1. The number of terminal acetylenes is 1. The number of sulfone groups is 1. The number of benzene rings is 2. The van der Waals surface area contributed by atoms with E-state index in [9.17, 15) is 21.6 Å². The minimum absolute atomic E-state index is 0.0765. The fourth-order valence-electron chi connectivity index (χ4n) is 3.05. The number of pyridine rings is 1. The van der Waals surface area contributed by atoms with Crippen molar-refractivity contribution in [3.8, 4) is 40.5 Å². The van der Waals surface area contributed by atoms with Gasteiger partial charge in [0.25, 0.3) is 5.92 Å². The van der Waals surface area contributed by atoms with Gasteiger partial charge in [0.15, 0.2) is 16.4 Å². The Morgan fingerprint density at radius 1 is 1.06 bits per heavy atom. The van der Waals surface area contributed by atoms with E-state index in [4.69, 9.17) is 11.2 Å². The van der Waals surface area contributed by atoms with Crippen molar-refractivity contribution in [2.24, 2.45) is 0 Å². The maximum absolute atomic E-state index is 14.6. The molecule has 0 fully saturated rings. The fraction of sp³-hybridized carbons (Fsp3) is 0.174. The van der Waals surface area contributed by atoms with E-state index in [-0.39, 0.29) is 22.9 Å². The molecule has 2 aromatic carbocycles. The molecule has 0 unspecified atom stereocenters. The van der Waals surface area contributed by atoms with E-state index in [1.807, 2.05) is 0 Å². The summed E-state index contributed by atoms with van der Waals surface area (Å²) in [7, 11) is -3.44. The normalized spacial score (nSPS) is 11.7. The van der Waals surface area contributed by atoms with Crippen molar-refractivity contribution < 1.29 is 26.3 Å². The predicted octanol–water partition coefficient (Wildman–Crippen LogP) is 5.08. The molecule has 0 radical (unpaired) electrons. The Labute approximate surface area is 178 Å². The summed E-state index contributed by atoms with van der Waals surface area (Å²) in [6, 6.07) is 12.3. The van der Waals surface area contributed by atoms with Gasteiger partial charge in [0.1, 0.15) is 11.5 Å². The van der Waals surface area contributed by atoms with Gasteiger partial charge in [-0.1, -0.05) is 30.2 Å². The zero-order valence-corrected chi connectivity index (χ0v) is 17.5. The molecule has 4 nitrogen and oxygen atoms in total. The number of alkyl halides is 2. The molecule has 0 aliphatic heterocycles. The smallest absolute Gasteiger partial charge is 0.287 e. The Balaban J connectivity index is 2.33. The second-order valence-corrected chi connectivity index (χ2v) is 8.93. The van der Waals surface area contributed by atoms with Gasteiger partial charge < -0.3 is 4.74 Å². The first-order valence-corrected chi connectivity index (χ1v) is 11.0. The molecular formula is C23H18F3NO3S. The van der Waals surface area contributed by atoms with E-state index < -0.39 is 27.3 Å². The highest BCUT2D eigenvalue weighted by Gasteiger charge is 2.33. The highest BCUT2D eigenvalue weighted by molar-refractivity contribution is 7.90. The van der Waals surface area contributed by atoms with Gasteiger partial charge in [-0.25, -0.2) is 17.8 Å². The number of nitrogens with zero attached hydrogens (tertiary/aromatic N) is 1. The zero-order chi connectivity index (χ0) is 22.8. The van der Waals surface area contributed by atoms with E-state index in [0.29, 0.717) is 23.6 Å². The summed E-state index contributed by atoms with van der Waals surface area (Å²) in [6.07, 6.45) is 6.27. The SMILES string of the molecule is C#CCOc1cc(-c2ccc(S(C)(=O)=O)cc2)c(-c2ccc(F)cc2)c(C(C)(F)F)n1. The molecule has 160 valence electrons. The Kier molecular flexibility index (Phi) is 6.09. The van der Waals surface area contributed by atoms with Crippen LogP contribution in [0.5, 0.6) is 5.88 Å². The minimum Gasteiger partial charge on any atom is -0.464 e. The lowest BCUT2D eigenvalue weighted by atomic mass is 9.91. The molecule has 31 heavy (non-hydrogen) atoms. The Morgan fingerprint density at radius 2 is 1.65 bits per heavy atom. The molecule has 1 aromatic heterocycles. The average molecular weight is 445 g/mol. The fourth-order valence-corrected chi connectivity index (χ4v) is 3.68. The zero-order valence-electron chi connectivity index (χ0n) is 16.7. The van der Waals surface area contributed by atoms with Crippen LogP contribution < -0.4 is 4.74 Å². The number of hydrogen-bond donors (Lipinski definition) is 0. The van der Waals surface area contributed by atoms with Crippen LogP contribution >= 0.6 is 0 Å².